The molecule has 0 amide bonds. The van der Waals surface area contributed by atoms with Gasteiger partial charge in [-0.05, 0) is 60.1 Å². The number of hydrogen-bond acceptors (Lipinski definition) is 5. The minimum atomic E-state index is 0.376. The van der Waals surface area contributed by atoms with E-state index in [0.717, 1.165) is 34.6 Å². The van der Waals surface area contributed by atoms with Crippen molar-refractivity contribution in [2.45, 2.75) is 20.0 Å². The zero-order chi connectivity index (χ0) is 22.3. The van der Waals surface area contributed by atoms with Gasteiger partial charge in [-0.15, -0.1) is 0 Å². The van der Waals surface area contributed by atoms with Crippen LogP contribution in [0.5, 0.6) is 11.5 Å². The summed E-state index contributed by atoms with van der Waals surface area (Å²) < 4.78 is 13.8. The summed E-state index contributed by atoms with van der Waals surface area (Å²) in [5, 5.41) is 11.2. The van der Waals surface area contributed by atoms with E-state index in [2.05, 4.69) is 45.6 Å². The highest BCUT2D eigenvalue weighted by Crippen LogP contribution is 2.25. The second-order valence-corrected chi connectivity index (χ2v) is 7.65. The molecule has 1 heterocycles. The molecule has 0 unspecified atom stereocenters. The van der Waals surface area contributed by atoms with Crippen LogP contribution in [-0.2, 0) is 13.0 Å². The van der Waals surface area contributed by atoms with Gasteiger partial charge in [0.15, 0.2) is 0 Å². The fraction of sp³-hybridized carbons (Fsp3) is 0.160. The van der Waals surface area contributed by atoms with Gasteiger partial charge in [0.05, 0.1) is 13.3 Å². The van der Waals surface area contributed by atoms with Gasteiger partial charge in [0.2, 0.25) is 4.77 Å². The number of aryl methyl sites for hydroxylation is 1. The van der Waals surface area contributed by atoms with Gasteiger partial charge >= 0.3 is 0 Å². The number of nitrogens with one attached hydrogen (secondary N) is 1. The minimum absolute atomic E-state index is 0.376. The van der Waals surface area contributed by atoms with E-state index in [1.54, 1.807) is 18.0 Å². The van der Waals surface area contributed by atoms with Crippen molar-refractivity contribution in [2.24, 2.45) is 5.10 Å². The van der Waals surface area contributed by atoms with Crippen molar-refractivity contribution in [3.8, 4) is 11.5 Å². The second kappa shape index (κ2) is 10.1. The lowest BCUT2D eigenvalue weighted by Crippen LogP contribution is -2.02. The van der Waals surface area contributed by atoms with Gasteiger partial charge in [0, 0.05) is 12.0 Å². The van der Waals surface area contributed by atoms with Gasteiger partial charge in [-0.1, -0.05) is 48.5 Å². The van der Waals surface area contributed by atoms with Crippen molar-refractivity contribution in [1.82, 2.24) is 14.9 Å². The first-order valence-electron chi connectivity index (χ1n) is 10.2. The number of rotatable bonds is 8. The topological polar surface area (TPSA) is 64.4 Å². The van der Waals surface area contributed by atoms with Crippen molar-refractivity contribution in [2.75, 3.05) is 7.11 Å². The number of H-pyrrole nitrogens is 1. The lowest BCUT2D eigenvalue weighted by molar-refractivity contribution is 0.294. The molecule has 0 bridgehead atoms. The Kier molecular flexibility index (Phi) is 6.77. The van der Waals surface area contributed by atoms with Crippen LogP contribution in [0.4, 0.5) is 0 Å². The molecular formula is C25H24N4O2S. The zero-order valence-electron chi connectivity index (χ0n) is 18.0. The lowest BCUT2D eigenvalue weighted by atomic mass is 10.0. The fourth-order valence-electron chi connectivity index (χ4n) is 3.38. The summed E-state index contributed by atoms with van der Waals surface area (Å²) in [5.41, 5.74) is 4.22. The maximum Gasteiger partial charge on any atom is 0.216 e. The van der Waals surface area contributed by atoms with E-state index in [4.69, 9.17) is 21.7 Å². The Balaban J connectivity index is 1.53. The smallest absolute Gasteiger partial charge is 0.216 e. The third kappa shape index (κ3) is 5.12. The summed E-state index contributed by atoms with van der Waals surface area (Å²) in [4.78, 5) is 0. The molecule has 6 nitrogen and oxygen atoms in total. The summed E-state index contributed by atoms with van der Waals surface area (Å²) in [6.07, 6.45) is 2.55. The first-order valence-corrected chi connectivity index (χ1v) is 10.6. The first-order chi connectivity index (χ1) is 15.6. The third-order valence-electron chi connectivity index (χ3n) is 5.03. The maximum atomic E-state index is 6.22. The highest BCUT2D eigenvalue weighted by atomic mass is 32.1. The quantitative estimate of drug-likeness (QED) is 0.295. The molecule has 0 fully saturated rings. The first kappa shape index (κ1) is 21.5. The summed E-state index contributed by atoms with van der Waals surface area (Å²) in [5.74, 6) is 2.31. The van der Waals surface area contributed by atoms with Crippen molar-refractivity contribution in [1.29, 1.82) is 0 Å². The molecule has 3 aromatic carbocycles. The van der Waals surface area contributed by atoms with Crippen LogP contribution >= 0.6 is 12.2 Å². The SMILES string of the molecule is COc1ccc(C=Nn2c(C)n[nH]c2=S)cc1COc1ccccc1Cc1ccccc1. The number of nitrogens with zero attached hydrogens (tertiary/aromatic N) is 3. The van der Waals surface area contributed by atoms with Crippen molar-refractivity contribution in [3.63, 3.8) is 0 Å². The molecule has 32 heavy (non-hydrogen) atoms. The van der Waals surface area contributed by atoms with Gasteiger partial charge in [-0.2, -0.15) is 14.9 Å². The molecule has 162 valence electrons. The molecule has 0 radical (unpaired) electrons. The standard InChI is InChI=1S/C25H24N4O2S/c1-18-27-28-25(32)29(18)26-16-20-12-13-23(30-2)22(15-20)17-31-24-11-7-6-10-21(24)14-19-8-4-3-5-9-19/h3-13,15-16H,14,17H2,1-2H3,(H,28,32). The van der Waals surface area contributed by atoms with Crippen molar-refractivity contribution < 1.29 is 9.47 Å². The molecule has 0 saturated heterocycles. The van der Waals surface area contributed by atoms with Gasteiger partial charge in [-0.3, -0.25) is 5.10 Å². The van der Waals surface area contributed by atoms with E-state index in [9.17, 15) is 0 Å². The molecule has 0 aliphatic heterocycles. The summed E-state index contributed by atoms with van der Waals surface area (Å²) in [6.45, 7) is 2.21. The monoisotopic (exact) mass is 444 g/mol. The van der Waals surface area contributed by atoms with Gasteiger partial charge in [0.25, 0.3) is 0 Å². The summed E-state index contributed by atoms with van der Waals surface area (Å²) in [6, 6.07) is 24.3. The molecule has 0 aliphatic rings. The molecular weight excluding hydrogens is 420 g/mol. The molecule has 0 saturated carbocycles. The lowest BCUT2D eigenvalue weighted by Gasteiger charge is -2.14. The van der Waals surface area contributed by atoms with E-state index in [0.29, 0.717) is 17.2 Å². The average Bonchev–Trinajstić information content (AvgIpc) is 3.15. The third-order valence-corrected chi connectivity index (χ3v) is 5.30. The average molecular weight is 445 g/mol. The van der Waals surface area contributed by atoms with Crippen molar-refractivity contribution in [3.05, 3.63) is 106 Å². The highest BCUT2D eigenvalue weighted by Gasteiger charge is 2.09. The summed E-state index contributed by atoms with van der Waals surface area (Å²) in [7, 11) is 1.66. The number of benzene rings is 3. The Morgan fingerprint density at radius 1 is 1.00 bits per heavy atom. The van der Waals surface area contributed by atoms with Crippen molar-refractivity contribution >= 4 is 18.4 Å². The van der Waals surface area contributed by atoms with Crippen LogP contribution in [0.15, 0.2) is 77.9 Å². The highest BCUT2D eigenvalue weighted by molar-refractivity contribution is 7.71. The fourth-order valence-corrected chi connectivity index (χ4v) is 3.61. The number of ether oxygens (including phenoxy) is 2. The molecule has 4 rings (SSSR count). The van der Waals surface area contributed by atoms with E-state index in [-0.39, 0.29) is 0 Å². The van der Waals surface area contributed by atoms with E-state index in [1.165, 1.54) is 5.56 Å². The van der Waals surface area contributed by atoms with Crippen LogP contribution in [0.2, 0.25) is 0 Å². The Morgan fingerprint density at radius 3 is 2.53 bits per heavy atom. The second-order valence-electron chi connectivity index (χ2n) is 7.26. The van der Waals surface area contributed by atoms with Crippen LogP contribution in [-0.4, -0.2) is 28.2 Å². The van der Waals surface area contributed by atoms with Gasteiger partial charge in [-0.25, -0.2) is 0 Å². The number of aromatic nitrogens is 3. The molecule has 0 aliphatic carbocycles. The molecule has 0 atom stereocenters. The normalized spacial score (nSPS) is 11.1. The van der Waals surface area contributed by atoms with Crippen LogP contribution in [0, 0.1) is 11.7 Å². The maximum absolute atomic E-state index is 6.22. The van der Waals surface area contributed by atoms with Gasteiger partial charge in [0.1, 0.15) is 23.9 Å². The largest absolute Gasteiger partial charge is 0.496 e. The Bertz CT molecular complexity index is 1280. The number of hydrogen-bond donors (Lipinski definition) is 1. The predicted octanol–water partition coefficient (Wildman–Crippen LogP) is 5.31. The minimum Gasteiger partial charge on any atom is -0.496 e. The number of methoxy groups -OCH3 is 1. The number of aromatic amines is 1. The Hall–Kier alpha value is -3.71. The van der Waals surface area contributed by atoms with E-state index in [1.807, 2.05) is 49.4 Å². The number of para-hydroxylation sites is 1. The Labute approximate surface area is 192 Å². The van der Waals surface area contributed by atoms with Crippen LogP contribution in [0.3, 0.4) is 0 Å². The zero-order valence-corrected chi connectivity index (χ0v) is 18.8. The van der Waals surface area contributed by atoms with E-state index < -0.39 is 0 Å². The molecule has 7 heteroatoms. The van der Waals surface area contributed by atoms with Crippen LogP contribution in [0.25, 0.3) is 0 Å². The molecule has 1 aromatic heterocycles. The molecule has 4 aromatic rings. The van der Waals surface area contributed by atoms with E-state index >= 15 is 0 Å². The molecule has 1 N–H and O–H groups in total. The summed E-state index contributed by atoms with van der Waals surface area (Å²) >= 11 is 5.20. The molecule has 0 spiro atoms. The van der Waals surface area contributed by atoms with Crippen LogP contribution < -0.4 is 9.47 Å². The van der Waals surface area contributed by atoms with Gasteiger partial charge < -0.3 is 9.47 Å². The Morgan fingerprint density at radius 2 is 1.78 bits per heavy atom. The predicted molar refractivity (Wildman–Crippen MR) is 128 cm³/mol. The van der Waals surface area contributed by atoms with Crippen LogP contribution in [0.1, 0.15) is 28.1 Å².